The van der Waals surface area contributed by atoms with Gasteiger partial charge in [0.15, 0.2) is 6.29 Å². The summed E-state index contributed by atoms with van der Waals surface area (Å²) in [5.74, 6) is 1.90. The number of aromatic nitrogens is 2. The van der Waals surface area contributed by atoms with Gasteiger partial charge in [0, 0.05) is 86.7 Å². The Morgan fingerprint density at radius 3 is 2.62 bits per heavy atom. The van der Waals surface area contributed by atoms with Gasteiger partial charge in [0.05, 0.1) is 37.5 Å². The fourth-order valence-electron chi connectivity index (χ4n) is 7.59. The number of piperazine rings is 1. The number of anilines is 1. The normalized spacial score (nSPS) is 20.5. The van der Waals surface area contributed by atoms with Crippen LogP contribution in [0.15, 0.2) is 54.9 Å². The number of carbonyl (C=O) groups excluding carboxylic acids is 1. The number of aromatic amines is 1. The van der Waals surface area contributed by atoms with Gasteiger partial charge in [0.25, 0.3) is 0 Å². The standard InChI is InChI=1S/C35H38FN5O4/c1-43-33-10-23(2-5-29(33)25-19-44-20-25)17-39-6-8-40(9-7-39)27-13-35(14-27)21-41(22-35)26-4-3-24(18-42)32(11-26)45-28-12-30-31(36)16-38-34(30)37-15-28/h2-5,10-12,15-16,18,25,27H,6-9,13-14,17,19-22H2,1H3,(H,37,38). The highest BCUT2D eigenvalue weighted by Gasteiger charge is 2.54. The molecule has 234 valence electrons. The van der Waals surface area contributed by atoms with Crippen LogP contribution in [0.3, 0.4) is 0 Å². The molecule has 0 unspecified atom stereocenters. The molecule has 9 nitrogen and oxygen atoms in total. The number of ether oxygens (including phenoxy) is 3. The molecule has 3 saturated heterocycles. The van der Waals surface area contributed by atoms with Crippen molar-refractivity contribution in [3.05, 3.63) is 77.4 Å². The van der Waals surface area contributed by atoms with E-state index in [0.717, 1.165) is 76.8 Å². The fraction of sp³-hybridized carbons (Fsp3) is 0.429. The first kappa shape index (κ1) is 28.5. The third-order valence-electron chi connectivity index (χ3n) is 10.3. The minimum atomic E-state index is -0.388. The van der Waals surface area contributed by atoms with E-state index in [1.54, 1.807) is 19.2 Å². The number of pyridine rings is 1. The number of rotatable bonds is 9. The van der Waals surface area contributed by atoms with Crippen LogP contribution in [-0.2, 0) is 11.3 Å². The van der Waals surface area contributed by atoms with Crippen molar-refractivity contribution in [1.29, 1.82) is 0 Å². The molecule has 0 atom stereocenters. The average Bonchev–Trinajstić information content (AvgIpc) is 3.36. The van der Waals surface area contributed by atoms with Crippen molar-refractivity contribution in [2.24, 2.45) is 5.41 Å². The quantitative estimate of drug-likeness (QED) is 0.258. The molecule has 45 heavy (non-hydrogen) atoms. The summed E-state index contributed by atoms with van der Waals surface area (Å²) in [7, 11) is 1.76. The minimum absolute atomic E-state index is 0.354. The van der Waals surface area contributed by atoms with Crippen molar-refractivity contribution >= 4 is 23.0 Å². The number of aldehydes is 1. The van der Waals surface area contributed by atoms with Gasteiger partial charge in [-0.1, -0.05) is 12.1 Å². The van der Waals surface area contributed by atoms with E-state index in [4.69, 9.17) is 14.2 Å². The summed E-state index contributed by atoms with van der Waals surface area (Å²) in [4.78, 5) is 26.4. The largest absolute Gasteiger partial charge is 0.496 e. The van der Waals surface area contributed by atoms with Crippen LogP contribution in [0, 0.1) is 11.2 Å². The van der Waals surface area contributed by atoms with Crippen molar-refractivity contribution < 1.29 is 23.4 Å². The smallest absolute Gasteiger partial charge is 0.153 e. The van der Waals surface area contributed by atoms with Gasteiger partial charge in [-0.15, -0.1) is 0 Å². The van der Waals surface area contributed by atoms with Crippen molar-refractivity contribution in [2.75, 3.05) is 64.5 Å². The number of methoxy groups -OCH3 is 1. The average molecular weight is 612 g/mol. The van der Waals surface area contributed by atoms with E-state index in [1.807, 2.05) is 12.1 Å². The minimum Gasteiger partial charge on any atom is -0.496 e. The lowest BCUT2D eigenvalue weighted by atomic mass is 9.60. The van der Waals surface area contributed by atoms with Crippen LogP contribution in [0.5, 0.6) is 17.2 Å². The van der Waals surface area contributed by atoms with Gasteiger partial charge in [0.2, 0.25) is 0 Å². The second-order valence-electron chi connectivity index (χ2n) is 13.2. The van der Waals surface area contributed by atoms with Crippen LogP contribution in [0.2, 0.25) is 0 Å². The molecule has 4 fully saturated rings. The van der Waals surface area contributed by atoms with E-state index in [-0.39, 0.29) is 5.82 Å². The molecule has 1 aliphatic carbocycles. The maximum Gasteiger partial charge on any atom is 0.153 e. The van der Waals surface area contributed by atoms with Gasteiger partial charge in [-0.2, -0.15) is 0 Å². The molecule has 8 rings (SSSR count). The Hall–Kier alpha value is -3.99. The summed E-state index contributed by atoms with van der Waals surface area (Å²) in [5, 5.41) is 0.354. The Kier molecular flexibility index (Phi) is 7.23. The lowest BCUT2D eigenvalue weighted by molar-refractivity contribution is -0.0380. The summed E-state index contributed by atoms with van der Waals surface area (Å²) < 4.78 is 31.2. The van der Waals surface area contributed by atoms with E-state index in [0.29, 0.717) is 45.5 Å². The molecule has 1 spiro atoms. The lowest BCUT2D eigenvalue weighted by Gasteiger charge is -2.62. The maximum atomic E-state index is 14.1. The molecular weight excluding hydrogens is 573 g/mol. The Bertz CT molecular complexity index is 1720. The summed E-state index contributed by atoms with van der Waals surface area (Å²) >= 11 is 0. The second-order valence-corrected chi connectivity index (χ2v) is 13.2. The Morgan fingerprint density at radius 2 is 1.89 bits per heavy atom. The van der Waals surface area contributed by atoms with Crippen molar-refractivity contribution in [1.82, 2.24) is 19.8 Å². The van der Waals surface area contributed by atoms with Gasteiger partial charge >= 0.3 is 0 Å². The molecule has 1 N–H and O–H groups in total. The number of carbonyl (C=O) groups is 1. The van der Waals surface area contributed by atoms with E-state index < -0.39 is 0 Å². The zero-order valence-electron chi connectivity index (χ0n) is 25.5. The number of H-pyrrole nitrogens is 1. The Balaban J connectivity index is 0.833. The predicted octanol–water partition coefficient (Wildman–Crippen LogP) is 5.22. The van der Waals surface area contributed by atoms with E-state index >= 15 is 0 Å². The van der Waals surface area contributed by atoms with Gasteiger partial charge in [-0.05, 0) is 42.7 Å². The fourth-order valence-corrected chi connectivity index (χ4v) is 7.59. The highest BCUT2D eigenvalue weighted by molar-refractivity contribution is 5.82. The number of nitrogens with zero attached hydrogens (tertiary/aromatic N) is 4. The summed E-state index contributed by atoms with van der Waals surface area (Å²) in [6, 6.07) is 14.6. The van der Waals surface area contributed by atoms with E-state index in [1.165, 1.54) is 36.4 Å². The van der Waals surface area contributed by atoms with Crippen LogP contribution in [0.25, 0.3) is 11.0 Å². The number of hydrogen-bond donors (Lipinski definition) is 1. The predicted molar refractivity (Wildman–Crippen MR) is 169 cm³/mol. The first-order valence-corrected chi connectivity index (χ1v) is 15.8. The first-order chi connectivity index (χ1) is 22.0. The molecule has 4 aromatic rings. The third-order valence-corrected chi connectivity index (χ3v) is 10.3. The van der Waals surface area contributed by atoms with Crippen LogP contribution >= 0.6 is 0 Å². The number of halogens is 1. The van der Waals surface area contributed by atoms with E-state index in [2.05, 4.69) is 42.9 Å². The SMILES string of the molecule is COc1cc(CN2CCN(C3CC4(C3)CN(c3ccc(C=O)c(Oc5cnc6[nH]cc(F)c6c5)c3)C4)CC2)ccc1C1COC1. The molecule has 0 radical (unpaired) electrons. The van der Waals surface area contributed by atoms with Crippen LogP contribution in [-0.4, -0.2) is 91.7 Å². The molecular formula is C35H38FN5O4. The molecule has 4 aliphatic rings. The molecule has 2 aromatic heterocycles. The van der Waals surface area contributed by atoms with Crippen molar-refractivity contribution in [2.45, 2.75) is 31.3 Å². The monoisotopic (exact) mass is 611 g/mol. The molecule has 1 saturated carbocycles. The number of nitrogens with one attached hydrogen (secondary N) is 1. The van der Waals surface area contributed by atoms with Crippen molar-refractivity contribution in [3.63, 3.8) is 0 Å². The zero-order chi connectivity index (χ0) is 30.5. The third kappa shape index (κ3) is 5.34. The highest BCUT2D eigenvalue weighted by Crippen LogP contribution is 2.52. The van der Waals surface area contributed by atoms with Gasteiger partial charge in [-0.25, -0.2) is 9.37 Å². The Morgan fingerprint density at radius 1 is 1.07 bits per heavy atom. The van der Waals surface area contributed by atoms with Crippen molar-refractivity contribution in [3.8, 4) is 17.2 Å². The molecule has 0 amide bonds. The molecule has 10 heteroatoms. The lowest BCUT2D eigenvalue weighted by Crippen LogP contribution is -2.68. The topological polar surface area (TPSA) is 83.2 Å². The molecule has 2 aromatic carbocycles. The molecule has 3 aliphatic heterocycles. The van der Waals surface area contributed by atoms with E-state index in [9.17, 15) is 9.18 Å². The van der Waals surface area contributed by atoms with Crippen LogP contribution in [0.4, 0.5) is 10.1 Å². The van der Waals surface area contributed by atoms with Gasteiger partial charge < -0.3 is 24.1 Å². The van der Waals surface area contributed by atoms with Crippen LogP contribution in [0.1, 0.15) is 40.2 Å². The highest BCUT2D eigenvalue weighted by atomic mass is 19.1. The van der Waals surface area contributed by atoms with Crippen LogP contribution < -0.4 is 14.4 Å². The summed E-state index contributed by atoms with van der Waals surface area (Å²) in [6.07, 6.45) is 6.06. The zero-order valence-corrected chi connectivity index (χ0v) is 25.5. The van der Waals surface area contributed by atoms with Gasteiger partial charge in [0.1, 0.15) is 28.7 Å². The Labute approximate surface area is 261 Å². The molecule has 5 heterocycles. The second kappa shape index (κ2) is 11.4. The summed E-state index contributed by atoms with van der Waals surface area (Å²) in [6.45, 7) is 8.95. The number of hydrogen-bond acceptors (Lipinski definition) is 8. The number of fused-ring (bicyclic) bond motifs is 1. The maximum absolute atomic E-state index is 14.1. The summed E-state index contributed by atoms with van der Waals surface area (Å²) in [5.41, 5.74) is 4.88. The molecule has 0 bridgehead atoms. The van der Waals surface area contributed by atoms with Gasteiger partial charge in [-0.3, -0.25) is 14.6 Å². The first-order valence-electron chi connectivity index (χ1n) is 15.8. The number of benzene rings is 2.